The number of hydrogen-bond donors (Lipinski definition) is 1. The minimum atomic E-state index is -0.0402. The number of benzene rings is 1. The van der Waals surface area contributed by atoms with Crippen molar-refractivity contribution in [1.29, 1.82) is 0 Å². The molecule has 1 fully saturated rings. The van der Waals surface area contributed by atoms with E-state index in [9.17, 15) is 4.79 Å². The highest BCUT2D eigenvalue weighted by molar-refractivity contribution is 5.94. The zero-order valence-electron chi connectivity index (χ0n) is 16.5. The van der Waals surface area contributed by atoms with Gasteiger partial charge in [0.1, 0.15) is 17.2 Å². The molecule has 0 spiro atoms. The third kappa shape index (κ3) is 4.43. The molecule has 0 bridgehead atoms. The standard InChI is InChI=1S/C21H29N3O3/c1-4-12-24-19(21(25)22-15-8-6-5-7-9-15)14-18(23-24)17-11-10-16(26-2)13-20(17)27-3/h10-11,13-15H,4-9,12H2,1-3H3,(H,22,25). The summed E-state index contributed by atoms with van der Waals surface area (Å²) in [6.07, 6.45) is 6.67. The van der Waals surface area contributed by atoms with E-state index in [0.717, 1.165) is 36.3 Å². The second kappa shape index (κ2) is 8.93. The van der Waals surface area contributed by atoms with Gasteiger partial charge in [0.25, 0.3) is 5.91 Å². The van der Waals surface area contributed by atoms with E-state index < -0.39 is 0 Å². The molecular weight excluding hydrogens is 342 g/mol. The van der Waals surface area contributed by atoms with Crippen LogP contribution in [0.25, 0.3) is 11.3 Å². The van der Waals surface area contributed by atoms with Gasteiger partial charge in [-0.25, -0.2) is 0 Å². The topological polar surface area (TPSA) is 65.4 Å². The fourth-order valence-corrected chi connectivity index (χ4v) is 3.63. The number of rotatable bonds is 7. The molecule has 6 heteroatoms. The Hall–Kier alpha value is -2.50. The van der Waals surface area contributed by atoms with Crippen LogP contribution in [0, 0.1) is 0 Å². The van der Waals surface area contributed by atoms with Crippen molar-refractivity contribution in [2.75, 3.05) is 14.2 Å². The Morgan fingerprint density at radius 2 is 1.96 bits per heavy atom. The Balaban J connectivity index is 1.89. The van der Waals surface area contributed by atoms with Crippen LogP contribution >= 0.6 is 0 Å². The molecule has 146 valence electrons. The highest BCUT2D eigenvalue weighted by Gasteiger charge is 2.22. The zero-order chi connectivity index (χ0) is 19.2. The zero-order valence-corrected chi connectivity index (χ0v) is 16.5. The Morgan fingerprint density at radius 1 is 1.19 bits per heavy atom. The second-order valence-electron chi connectivity index (χ2n) is 7.01. The molecule has 1 saturated carbocycles. The lowest BCUT2D eigenvalue weighted by Gasteiger charge is -2.22. The first kappa shape index (κ1) is 19.3. The van der Waals surface area contributed by atoms with Crippen molar-refractivity contribution >= 4 is 5.91 Å². The molecule has 2 aromatic rings. The molecule has 0 saturated heterocycles. The molecule has 0 aliphatic heterocycles. The van der Waals surface area contributed by atoms with Crippen LogP contribution in [-0.2, 0) is 6.54 Å². The van der Waals surface area contributed by atoms with Gasteiger partial charge in [0.15, 0.2) is 0 Å². The van der Waals surface area contributed by atoms with Crippen LogP contribution in [0.5, 0.6) is 11.5 Å². The minimum Gasteiger partial charge on any atom is -0.497 e. The molecule has 27 heavy (non-hydrogen) atoms. The van der Waals surface area contributed by atoms with Crippen molar-refractivity contribution in [2.24, 2.45) is 0 Å². The largest absolute Gasteiger partial charge is 0.497 e. The highest BCUT2D eigenvalue weighted by atomic mass is 16.5. The Morgan fingerprint density at radius 3 is 2.63 bits per heavy atom. The van der Waals surface area contributed by atoms with Crippen molar-refractivity contribution in [3.8, 4) is 22.8 Å². The summed E-state index contributed by atoms with van der Waals surface area (Å²) in [5.74, 6) is 1.36. The smallest absolute Gasteiger partial charge is 0.269 e. The fourth-order valence-electron chi connectivity index (χ4n) is 3.63. The van der Waals surface area contributed by atoms with Crippen molar-refractivity contribution in [1.82, 2.24) is 15.1 Å². The normalized spacial score (nSPS) is 14.8. The first-order valence-electron chi connectivity index (χ1n) is 9.77. The molecule has 1 heterocycles. The highest BCUT2D eigenvalue weighted by Crippen LogP contribution is 2.33. The third-order valence-corrected chi connectivity index (χ3v) is 5.07. The SMILES string of the molecule is CCCn1nc(-c2ccc(OC)cc2OC)cc1C(=O)NC1CCCCC1. The molecule has 6 nitrogen and oxygen atoms in total. The van der Waals surface area contributed by atoms with Crippen molar-refractivity contribution in [2.45, 2.75) is 58.0 Å². The summed E-state index contributed by atoms with van der Waals surface area (Å²) in [5, 5.41) is 7.88. The van der Waals surface area contributed by atoms with Crippen LogP contribution in [0.4, 0.5) is 0 Å². The van der Waals surface area contributed by atoms with Gasteiger partial charge in [-0.05, 0) is 37.5 Å². The van der Waals surface area contributed by atoms with Gasteiger partial charge in [0, 0.05) is 24.2 Å². The van der Waals surface area contributed by atoms with Gasteiger partial charge in [-0.15, -0.1) is 0 Å². The molecule has 0 atom stereocenters. The lowest BCUT2D eigenvalue weighted by Crippen LogP contribution is -2.37. The maximum Gasteiger partial charge on any atom is 0.269 e. The van der Waals surface area contributed by atoms with Gasteiger partial charge in [-0.1, -0.05) is 26.2 Å². The number of carbonyl (C=O) groups is 1. The molecule has 0 radical (unpaired) electrons. The van der Waals surface area contributed by atoms with Gasteiger partial charge in [0.2, 0.25) is 0 Å². The van der Waals surface area contributed by atoms with E-state index in [1.165, 1.54) is 19.3 Å². The Bertz CT molecular complexity index is 779. The number of hydrogen-bond acceptors (Lipinski definition) is 4. The van der Waals surface area contributed by atoms with Crippen molar-refractivity contribution < 1.29 is 14.3 Å². The van der Waals surface area contributed by atoms with Gasteiger partial charge >= 0.3 is 0 Å². The average Bonchev–Trinajstić information content (AvgIpc) is 3.12. The number of methoxy groups -OCH3 is 2. The number of ether oxygens (including phenoxy) is 2. The van der Waals surface area contributed by atoms with Gasteiger partial charge in [-0.2, -0.15) is 5.10 Å². The third-order valence-electron chi connectivity index (χ3n) is 5.07. The van der Waals surface area contributed by atoms with Crippen LogP contribution in [0.15, 0.2) is 24.3 Å². The molecule has 1 aromatic heterocycles. The predicted molar refractivity (Wildman–Crippen MR) is 105 cm³/mol. The second-order valence-corrected chi connectivity index (χ2v) is 7.01. The van der Waals surface area contributed by atoms with E-state index in [1.54, 1.807) is 18.9 Å². The minimum absolute atomic E-state index is 0.0402. The number of nitrogens with zero attached hydrogens (tertiary/aromatic N) is 2. The van der Waals surface area contributed by atoms with E-state index >= 15 is 0 Å². The van der Waals surface area contributed by atoms with Gasteiger partial charge in [-0.3, -0.25) is 9.48 Å². The van der Waals surface area contributed by atoms with E-state index in [4.69, 9.17) is 9.47 Å². The maximum atomic E-state index is 12.9. The van der Waals surface area contributed by atoms with Crippen LogP contribution in [0.1, 0.15) is 55.9 Å². The first-order chi connectivity index (χ1) is 13.2. The lowest BCUT2D eigenvalue weighted by molar-refractivity contribution is 0.0916. The van der Waals surface area contributed by atoms with Crippen molar-refractivity contribution in [3.05, 3.63) is 30.0 Å². The molecule has 1 aliphatic rings. The molecule has 1 aliphatic carbocycles. The number of nitrogens with one attached hydrogen (secondary N) is 1. The number of aromatic nitrogens is 2. The summed E-state index contributed by atoms with van der Waals surface area (Å²) in [6.45, 7) is 2.78. The van der Waals surface area contributed by atoms with Crippen LogP contribution in [0.2, 0.25) is 0 Å². The van der Waals surface area contributed by atoms with Gasteiger partial charge in [0.05, 0.1) is 19.9 Å². The summed E-state index contributed by atoms with van der Waals surface area (Å²) < 4.78 is 12.6. The van der Waals surface area contributed by atoms with Crippen LogP contribution < -0.4 is 14.8 Å². The van der Waals surface area contributed by atoms with Crippen molar-refractivity contribution in [3.63, 3.8) is 0 Å². The molecule has 1 amide bonds. The molecule has 1 aromatic carbocycles. The summed E-state index contributed by atoms with van der Waals surface area (Å²) in [6, 6.07) is 7.75. The van der Waals surface area contributed by atoms with E-state index in [1.807, 2.05) is 24.3 Å². The number of carbonyl (C=O) groups excluding carboxylic acids is 1. The summed E-state index contributed by atoms with van der Waals surface area (Å²) in [4.78, 5) is 12.9. The molecular formula is C21H29N3O3. The van der Waals surface area contributed by atoms with Gasteiger partial charge < -0.3 is 14.8 Å². The fraction of sp³-hybridized carbons (Fsp3) is 0.524. The van der Waals surface area contributed by atoms with E-state index in [2.05, 4.69) is 17.3 Å². The van der Waals surface area contributed by atoms with Crippen LogP contribution in [0.3, 0.4) is 0 Å². The molecule has 0 unspecified atom stereocenters. The van der Waals surface area contributed by atoms with E-state index in [0.29, 0.717) is 18.0 Å². The Labute approximate surface area is 160 Å². The monoisotopic (exact) mass is 371 g/mol. The number of aryl methyl sites for hydroxylation is 1. The maximum absolute atomic E-state index is 12.9. The summed E-state index contributed by atoms with van der Waals surface area (Å²) in [7, 11) is 3.25. The Kier molecular flexibility index (Phi) is 6.37. The number of amides is 1. The summed E-state index contributed by atoms with van der Waals surface area (Å²) >= 11 is 0. The first-order valence-corrected chi connectivity index (χ1v) is 9.77. The predicted octanol–water partition coefficient (Wildman–Crippen LogP) is 4.04. The molecule has 3 rings (SSSR count). The quantitative estimate of drug-likeness (QED) is 0.798. The van der Waals surface area contributed by atoms with Crippen LogP contribution in [-0.4, -0.2) is 35.9 Å². The van der Waals surface area contributed by atoms with E-state index in [-0.39, 0.29) is 11.9 Å². The lowest BCUT2D eigenvalue weighted by atomic mass is 9.95. The molecule has 1 N–H and O–H groups in total. The average molecular weight is 371 g/mol. The summed E-state index contributed by atoms with van der Waals surface area (Å²) in [5.41, 5.74) is 2.19.